The average Bonchev–Trinajstić information content (AvgIpc) is 3.22. The summed E-state index contributed by atoms with van der Waals surface area (Å²) in [6.07, 6.45) is 64.3. The molecule has 5 nitrogen and oxygen atoms in total. The van der Waals surface area contributed by atoms with Crippen molar-refractivity contribution in [1.82, 2.24) is 0 Å². The largest absolute Gasteiger partial charge is 0.462 e. The first-order chi connectivity index (χ1) is 28.6. The van der Waals surface area contributed by atoms with Crippen molar-refractivity contribution in [1.29, 1.82) is 0 Å². The SMILES string of the molecule is CC/C=C\C/C=C\C/C=C\C/C=C\CCCCC(=O)OCC(COCCCCCCCCCCCCCCCC)OC(=O)CC/C=C\C/C=C\C/C=C\C/C=C\CC. The van der Waals surface area contributed by atoms with E-state index in [1.807, 2.05) is 6.08 Å². The molecule has 0 amide bonds. The molecule has 0 aromatic rings. The number of unbranched alkanes of at least 4 members (excludes halogenated alkanes) is 15. The normalized spacial score (nSPS) is 13.1. The maximum Gasteiger partial charge on any atom is 0.306 e. The van der Waals surface area contributed by atoms with Crippen LogP contribution < -0.4 is 0 Å². The zero-order chi connectivity index (χ0) is 42.1. The quantitative estimate of drug-likeness (QED) is 0.0349. The van der Waals surface area contributed by atoms with Gasteiger partial charge in [0.1, 0.15) is 6.61 Å². The van der Waals surface area contributed by atoms with Crippen LogP contribution in [-0.2, 0) is 23.8 Å². The van der Waals surface area contributed by atoms with Crippen LogP contribution in [0.1, 0.15) is 201 Å². The standard InChI is InChI=1S/C53H88O5/c1-4-7-10-13-16-19-22-25-27-29-31-34-37-40-43-46-52(54)57-50-51(49-56-48-45-42-39-36-33-30-26-23-20-17-14-11-8-5-2)58-53(55)47-44-41-38-35-32-28-24-21-18-15-12-9-6-3/h7,9-10,12,16,18-19,21,25,27-28,31-32,34,38,41,51H,4-6,8,11,13-15,17,20,22-24,26,29-30,33,35-37,39-40,42-50H2,1-3H3/b10-7-,12-9-,19-16-,21-18-,27-25-,32-28-,34-31-,41-38-. The second-order valence-electron chi connectivity index (χ2n) is 15.3. The lowest BCUT2D eigenvalue weighted by Gasteiger charge is -2.18. The molecule has 1 atom stereocenters. The van der Waals surface area contributed by atoms with Gasteiger partial charge in [-0.2, -0.15) is 0 Å². The van der Waals surface area contributed by atoms with E-state index in [9.17, 15) is 9.59 Å². The lowest BCUT2D eigenvalue weighted by molar-refractivity contribution is -0.162. The van der Waals surface area contributed by atoms with Crippen molar-refractivity contribution < 1.29 is 23.8 Å². The summed E-state index contributed by atoms with van der Waals surface area (Å²) in [5, 5.41) is 0. The molecule has 0 saturated heterocycles. The van der Waals surface area contributed by atoms with Gasteiger partial charge in [-0.3, -0.25) is 9.59 Å². The van der Waals surface area contributed by atoms with Gasteiger partial charge in [0.15, 0.2) is 6.10 Å². The zero-order valence-corrected chi connectivity index (χ0v) is 37.8. The molecule has 0 heterocycles. The van der Waals surface area contributed by atoms with Crippen LogP contribution in [0.15, 0.2) is 97.2 Å². The summed E-state index contributed by atoms with van der Waals surface area (Å²) in [4.78, 5) is 25.2. The summed E-state index contributed by atoms with van der Waals surface area (Å²) in [5.74, 6) is -0.542. The highest BCUT2D eigenvalue weighted by atomic mass is 16.6. The second kappa shape index (κ2) is 48.2. The minimum absolute atomic E-state index is 0.0319. The Morgan fingerprint density at radius 1 is 0.397 bits per heavy atom. The van der Waals surface area contributed by atoms with Gasteiger partial charge in [0.2, 0.25) is 0 Å². The lowest BCUT2D eigenvalue weighted by atomic mass is 10.0. The number of hydrogen-bond acceptors (Lipinski definition) is 5. The molecule has 0 fully saturated rings. The Morgan fingerprint density at radius 2 is 0.810 bits per heavy atom. The molecule has 0 N–H and O–H groups in total. The van der Waals surface area contributed by atoms with Crippen LogP contribution in [0.5, 0.6) is 0 Å². The Labute approximate surface area is 358 Å². The molecule has 0 aliphatic rings. The Kier molecular flexibility index (Phi) is 45.5. The van der Waals surface area contributed by atoms with Gasteiger partial charge >= 0.3 is 11.9 Å². The molecule has 58 heavy (non-hydrogen) atoms. The molecular formula is C53H88O5. The molecule has 5 heteroatoms. The summed E-state index contributed by atoms with van der Waals surface area (Å²) in [6.45, 7) is 7.47. The topological polar surface area (TPSA) is 61.8 Å². The zero-order valence-electron chi connectivity index (χ0n) is 37.8. The van der Waals surface area contributed by atoms with Gasteiger partial charge in [0.05, 0.1) is 6.61 Å². The minimum Gasteiger partial charge on any atom is -0.462 e. The van der Waals surface area contributed by atoms with Crippen molar-refractivity contribution in [3.63, 3.8) is 0 Å². The number of ether oxygens (including phenoxy) is 3. The summed E-state index contributed by atoms with van der Waals surface area (Å²) < 4.78 is 17.2. The Bertz CT molecular complexity index is 1140. The van der Waals surface area contributed by atoms with Crippen molar-refractivity contribution in [3.8, 4) is 0 Å². The maximum atomic E-state index is 12.7. The molecule has 0 saturated carbocycles. The van der Waals surface area contributed by atoms with E-state index >= 15 is 0 Å². The van der Waals surface area contributed by atoms with Crippen LogP contribution in [0.4, 0.5) is 0 Å². The van der Waals surface area contributed by atoms with Gasteiger partial charge in [-0.25, -0.2) is 0 Å². The van der Waals surface area contributed by atoms with E-state index < -0.39 is 6.10 Å². The van der Waals surface area contributed by atoms with Gasteiger partial charge in [-0.05, 0) is 83.5 Å². The van der Waals surface area contributed by atoms with Crippen LogP contribution in [0.2, 0.25) is 0 Å². The van der Waals surface area contributed by atoms with Gasteiger partial charge < -0.3 is 14.2 Å². The molecule has 0 rings (SSSR count). The number of allylic oxidation sites excluding steroid dienone is 16. The molecule has 0 radical (unpaired) electrons. The fraction of sp³-hybridized carbons (Fsp3) is 0.660. The summed E-state index contributed by atoms with van der Waals surface area (Å²) in [6, 6.07) is 0. The average molecular weight is 805 g/mol. The predicted molar refractivity (Wildman–Crippen MR) is 251 cm³/mol. The number of rotatable bonds is 42. The van der Waals surface area contributed by atoms with Crippen LogP contribution in [0, 0.1) is 0 Å². The van der Waals surface area contributed by atoms with E-state index in [-0.39, 0.29) is 31.6 Å². The predicted octanol–water partition coefficient (Wildman–Crippen LogP) is 15.9. The Morgan fingerprint density at radius 3 is 1.28 bits per heavy atom. The molecule has 0 aliphatic heterocycles. The molecule has 0 aromatic carbocycles. The van der Waals surface area contributed by atoms with E-state index in [0.29, 0.717) is 19.4 Å². The van der Waals surface area contributed by atoms with Crippen molar-refractivity contribution in [3.05, 3.63) is 97.2 Å². The highest BCUT2D eigenvalue weighted by Crippen LogP contribution is 2.13. The third kappa shape index (κ3) is 45.5. The van der Waals surface area contributed by atoms with Gasteiger partial charge in [0.25, 0.3) is 0 Å². The maximum absolute atomic E-state index is 12.7. The molecule has 1 unspecified atom stereocenters. The van der Waals surface area contributed by atoms with E-state index in [2.05, 4.69) is 112 Å². The molecule has 0 spiro atoms. The fourth-order valence-electron chi connectivity index (χ4n) is 6.16. The molecule has 0 aliphatic carbocycles. The third-order valence-corrected chi connectivity index (χ3v) is 9.63. The number of carbonyl (C=O) groups excluding carboxylic acids is 2. The van der Waals surface area contributed by atoms with E-state index in [4.69, 9.17) is 14.2 Å². The summed E-state index contributed by atoms with van der Waals surface area (Å²) in [5.41, 5.74) is 0. The molecule has 0 aromatic heterocycles. The first kappa shape index (κ1) is 54.8. The molecule has 0 bridgehead atoms. The van der Waals surface area contributed by atoms with E-state index in [1.54, 1.807) is 0 Å². The van der Waals surface area contributed by atoms with Crippen LogP contribution >= 0.6 is 0 Å². The third-order valence-electron chi connectivity index (χ3n) is 9.63. The Balaban J connectivity index is 4.43. The van der Waals surface area contributed by atoms with Crippen LogP contribution in [-0.4, -0.2) is 37.9 Å². The highest BCUT2D eigenvalue weighted by molar-refractivity contribution is 5.70. The Hall–Kier alpha value is -3.18. The monoisotopic (exact) mass is 805 g/mol. The second-order valence-corrected chi connectivity index (χ2v) is 15.3. The van der Waals surface area contributed by atoms with Crippen molar-refractivity contribution in [2.75, 3.05) is 19.8 Å². The molecular weight excluding hydrogens is 717 g/mol. The van der Waals surface area contributed by atoms with E-state index in [1.165, 1.54) is 77.0 Å². The van der Waals surface area contributed by atoms with E-state index in [0.717, 1.165) is 83.5 Å². The number of esters is 2. The fourth-order valence-corrected chi connectivity index (χ4v) is 6.16. The highest BCUT2D eigenvalue weighted by Gasteiger charge is 2.17. The lowest BCUT2D eigenvalue weighted by Crippen LogP contribution is -2.30. The minimum atomic E-state index is -0.593. The first-order valence-electron chi connectivity index (χ1n) is 23.8. The van der Waals surface area contributed by atoms with Gasteiger partial charge in [-0.15, -0.1) is 0 Å². The number of hydrogen-bond donors (Lipinski definition) is 0. The van der Waals surface area contributed by atoms with Crippen molar-refractivity contribution in [2.24, 2.45) is 0 Å². The first-order valence-corrected chi connectivity index (χ1v) is 23.8. The van der Waals surface area contributed by atoms with Gasteiger partial charge in [-0.1, -0.05) is 201 Å². The van der Waals surface area contributed by atoms with Crippen molar-refractivity contribution >= 4 is 11.9 Å². The smallest absolute Gasteiger partial charge is 0.306 e. The van der Waals surface area contributed by atoms with Crippen molar-refractivity contribution in [2.45, 2.75) is 207 Å². The molecule has 330 valence electrons. The summed E-state index contributed by atoms with van der Waals surface area (Å²) in [7, 11) is 0. The van der Waals surface area contributed by atoms with Crippen LogP contribution in [0.25, 0.3) is 0 Å². The summed E-state index contributed by atoms with van der Waals surface area (Å²) >= 11 is 0. The van der Waals surface area contributed by atoms with Crippen LogP contribution in [0.3, 0.4) is 0 Å². The number of carbonyl (C=O) groups is 2. The van der Waals surface area contributed by atoms with Gasteiger partial charge in [0, 0.05) is 19.4 Å².